The maximum Gasteiger partial charge on any atom is 0.290 e. The van der Waals surface area contributed by atoms with E-state index in [0.717, 1.165) is 11.6 Å². The van der Waals surface area contributed by atoms with Crippen LogP contribution >= 0.6 is 0 Å². The van der Waals surface area contributed by atoms with Crippen LogP contribution in [0.5, 0.6) is 11.5 Å². The van der Waals surface area contributed by atoms with E-state index in [1.54, 1.807) is 18.2 Å². The van der Waals surface area contributed by atoms with Gasteiger partial charge in [0.2, 0.25) is 5.76 Å². The Bertz CT molecular complexity index is 1500. The van der Waals surface area contributed by atoms with E-state index in [2.05, 4.69) is 0 Å². The zero-order valence-electron chi connectivity index (χ0n) is 20.5. The van der Waals surface area contributed by atoms with Crippen molar-refractivity contribution in [2.75, 3.05) is 26.9 Å². The fourth-order valence-electron chi connectivity index (χ4n) is 4.58. The quantitative estimate of drug-likeness (QED) is 0.316. The van der Waals surface area contributed by atoms with Gasteiger partial charge in [-0.3, -0.25) is 9.59 Å². The highest BCUT2D eigenvalue weighted by Crippen LogP contribution is 2.41. The van der Waals surface area contributed by atoms with E-state index in [0.29, 0.717) is 30.3 Å². The Morgan fingerprint density at radius 3 is 2.54 bits per heavy atom. The molecular formula is C29H26FNO6. The van der Waals surface area contributed by atoms with Gasteiger partial charge in [0.1, 0.15) is 18.0 Å². The highest BCUT2D eigenvalue weighted by molar-refractivity contribution is 5.99. The van der Waals surface area contributed by atoms with Crippen LogP contribution in [0.15, 0.2) is 75.9 Å². The van der Waals surface area contributed by atoms with Crippen molar-refractivity contribution in [2.24, 2.45) is 0 Å². The summed E-state index contributed by atoms with van der Waals surface area (Å²) in [6.07, 6.45) is 0. The lowest BCUT2D eigenvalue weighted by Crippen LogP contribution is -2.32. The molecule has 0 aliphatic carbocycles. The Hall–Kier alpha value is -4.17. The molecule has 0 bridgehead atoms. The molecule has 2 heterocycles. The van der Waals surface area contributed by atoms with E-state index >= 15 is 0 Å². The number of methoxy groups -OCH3 is 1. The monoisotopic (exact) mass is 503 g/mol. The van der Waals surface area contributed by atoms with Gasteiger partial charge >= 0.3 is 0 Å². The van der Waals surface area contributed by atoms with Gasteiger partial charge < -0.3 is 23.5 Å². The Morgan fingerprint density at radius 2 is 1.78 bits per heavy atom. The fraction of sp³-hybridized carbons (Fsp3) is 0.241. The molecule has 190 valence electrons. The van der Waals surface area contributed by atoms with Crippen LogP contribution in [-0.4, -0.2) is 37.7 Å². The highest BCUT2D eigenvalue weighted by atomic mass is 19.1. The molecule has 1 aliphatic heterocycles. The van der Waals surface area contributed by atoms with Crippen LogP contribution in [0.25, 0.3) is 11.0 Å². The number of fused-ring (bicyclic) bond motifs is 2. The lowest BCUT2D eigenvalue weighted by molar-refractivity contribution is 0.0663. The fourth-order valence-corrected chi connectivity index (χ4v) is 4.58. The Balaban J connectivity index is 1.59. The first-order valence-corrected chi connectivity index (χ1v) is 12.0. The van der Waals surface area contributed by atoms with Crippen LogP contribution in [0.3, 0.4) is 0 Å². The highest BCUT2D eigenvalue weighted by Gasteiger charge is 2.42. The van der Waals surface area contributed by atoms with Crippen molar-refractivity contribution in [3.8, 4) is 11.5 Å². The molecule has 7 nitrogen and oxygen atoms in total. The van der Waals surface area contributed by atoms with Crippen molar-refractivity contribution in [1.82, 2.24) is 4.90 Å². The average Bonchev–Trinajstić information content (AvgIpc) is 3.19. The second kappa shape index (κ2) is 10.4. The van der Waals surface area contributed by atoms with Gasteiger partial charge in [0.05, 0.1) is 30.2 Å². The smallest absolute Gasteiger partial charge is 0.290 e. The molecule has 1 aromatic heterocycles. The van der Waals surface area contributed by atoms with Crippen LogP contribution in [0, 0.1) is 5.82 Å². The summed E-state index contributed by atoms with van der Waals surface area (Å²) in [7, 11) is 1.54. The van der Waals surface area contributed by atoms with Crippen LogP contribution in [0.4, 0.5) is 4.39 Å². The number of carbonyl (C=O) groups excluding carboxylic acids is 1. The molecule has 4 aromatic rings. The van der Waals surface area contributed by atoms with Crippen LogP contribution in [0.1, 0.15) is 40.2 Å². The van der Waals surface area contributed by atoms with Gasteiger partial charge in [0.25, 0.3) is 5.91 Å². The third-order valence-electron chi connectivity index (χ3n) is 6.28. The molecule has 0 fully saturated rings. The van der Waals surface area contributed by atoms with Crippen LogP contribution in [-0.2, 0) is 11.3 Å². The van der Waals surface area contributed by atoms with Gasteiger partial charge in [-0.2, -0.15) is 0 Å². The van der Waals surface area contributed by atoms with E-state index < -0.39 is 23.2 Å². The van der Waals surface area contributed by atoms with Gasteiger partial charge in [0, 0.05) is 13.7 Å². The zero-order chi connectivity index (χ0) is 25.9. The predicted molar refractivity (Wildman–Crippen MR) is 136 cm³/mol. The normalized spacial score (nSPS) is 14.7. The number of nitrogens with zero attached hydrogens (tertiary/aromatic N) is 1. The maximum absolute atomic E-state index is 14.0. The van der Waals surface area contributed by atoms with Gasteiger partial charge in [-0.05, 0) is 48.4 Å². The number of ether oxygens (including phenoxy) is 3. The second-order valence-corrected chi connectivity index (χ2v) is 8.62. The Labute approximate surface area is 213 Å². The predicted octanol–water partition coefficient (Wildman–Crippen LogP) is 5.10. The summed E-state index contributed by atoms with van der Waals surface area (Å²) in [5, 5.41) is 0.0815. The first-order chi connectivity index (χ1) is 18.0. The Kier molecular flexibility index (Phi) is 6.92. The topological polar surface area (TPSA) is 78.2 Å². The molecule has 1 amide bonds. The van der Waals surface area contributed by atoms with Gasteiger partial charge in [-0.1, -0.05) is 36.4 Å². The Morgan fingerprint density at radius 1 is 0.973 bits per heavy atom. The van der Waals surface area contributed by atoms with E-state index in [-0.39, 0.29) is 35.4 Å². The molecule has 0 saturated heterocycles. The summed E-state index contributed by atoms with van der Waals surface area (Å²) in [4.78, 5) is 28.5. The molecule has 1 atom stereocenters. The van der Waals surface area contributed by atoms with Crippen molar-refractivity contribution in [2.45, 2.75) is 19.6 Å². The third-order valence-corrected chi connectivity index (χ3v) is 6.28. The average molecular weight is 504 g/mol. The van der Waals surface area contributed by atoms with Crippen molar-refractivity contribution in [3.05, 3.63) is 105 Å². The first-order valence-electron chi connectivity index (χ1n) is 12.0. The van der Waals surface area contributed by atoms with Gasteiger partial charge in [-0.25, -0.2) is 4.39 Å². The minimum Gasteiger partial charge on any atom is -0.490 e. The lowest BCUT2D eigenvalue weighted by atomic mass is 9.98. The number of carbonyl (C=O) groups is 1. The second-order valence-electron chi connectivity index (χ2n) is 8.62. The standard InChI is InChI=1S/C29H26FNO6/c1-3-35-24-15-19(9-11-23(24)36-17-18-7-5-4-6-8-18)26-25-27(32)21-16-20(30)10-12-22(21)37-28(25)29(33)31(26)13-14-34-2/h4-12,15-16,26H,3,13-14,17H2,1-2H3. The van der Waals surface area contributed by atoms with Gasteiger partial charge in [0.15, 0.2) is 16.9 Å². The van der Waals surface area contributed by atoms with Crippen molar-refractivity contribution in [1.29, 1.82) is 0 Å². The molecule has 5 rings (SSSR count). The molecule has 1 unspecified atom stereocenters. The zero-order valence-corrected chi connectivity index (χ0v) is 20.5. The third kappa shape index (κ3) is 4.68. The molecule has 0 N–H and O–H groups in total. The van der Waals surface area contributed by atoms with Crippen molar-refractivity contribution >= 4 is 16.9 Å². The van der Waals surface area contributed by atoms with Crippen LogP contribution in [0.2, 0.25) is 0 Å². The molecule has 37 heavy (non-hydrogen) atoms. The summed E-state index contributed by atoms with van der Waals surface area (Å²) in [5.41, 5.74) is 1.52. The molecule has 0 spiro atoms. The van der Waals surface area contributed by atoms with Crippen molar-refractivity contribution in [3.63, 3.8) is 0 Å². The summed E-state index contributed by atoms with van der Waals surface area (Å²) >= 11 is 0. The maximum atomic E-state index is 14.0. The molecule has 3 aromatic carbocycles. The van der Waals surface area contributed by atoms with Crippen molar-refractivity contribution < 1.29 is 27.8 Å². The number of halogens is 1. The van der Waals surface area contributed by atoms with E-state index in [1.807, 2.05) is 37.3 Å². The van der Waals surface area contributed by atoms with Crippen LogP contribution < -0.4 is 14.9 Å². The number of rotatable bonds is 9. The summed E-state index contributed by atoms with van der Waals surface area (Å²) < 4.78 is 36.9. The molecule has 0 saturated carbocycles. The number of hydrogen-bond donors (Lipinski definition) is 0. The molecule has 1 aliphatic rings. The summed E-state index contributed by atoms with van der Waals surface area (Å²) in [6.45, 7) is 3.10. The molecular weight excluding hydrogens is 477 g/mol. The van der Waals surface area contributed by atoms with Gasteiger partial charge in [-0.15, -0.1) is 0 Å². The number of benzene rings is 3. The number of hydrogen-bond acceptors (Lipinski definition) is 6. The van der Waals surface area contributed by atoms with E-state index in [1.165, 1.54) is 24.1 Å². The minimum atomic E-state index is -0.760. The SMILES string of the molecule is CCOc1cc(C2c3c(oc4ccc(F)cc4c3=O)C(=O)N2CCOC)ccc1OCc1ccccc1. The molecule has 8 heteroatoms. The largest absolute Gasteiger partial charge is 0.490 e. The number of amides is 1. The molecule has 0 radical (unpaired) electrons. The van der Waals surface area contributed by atoms with E-state index in [9.17, 15) is 14.0 Å². The van der Waals surface area contributed by atoms with E-state index in [4.69, 9.17) is 18.6 Å². The lowest BCUT2D eigenvalue weighted by Gasteiger charge is -2.25. The first kappa shape index (κ1) is 24.5. The summed E-state index contributed by atoms with van der Waals surface area (Å²) in [5.74, 6) is -0.0134. The minimum absolute atomic E-state index is 0.0485. The summed E-state index contributed by atoms with van der Waals surface area (Å²) in [6, 6.07) is 18.0.